The number of aromatic hydroxyl groups is 1. The molecule has 3 unspecified atom stereocenters. The second kappa shape index (κ2) is 6.10. The number of phenols is 1. The summed E-state index contributed by atoms with van der Waals surface area (Å²) in [5, 5.41) is 29.9. The zero-order valence-corrected chi connectivity index (χ0v) is 12.9. The molecule has 24 heavy (non-hydrogen) atoms. The van der Waals surface area contributed by atoms with Crippen molar-refractivity contribution < 1.29 is 24.7 Å². The summed E-state index contributed by atoms with van der Waals surface area (Å²) >= 11 is 0. The van der Waals surface area contributed by atoms with Gasteiger partial charge >= 0.3 is 11.7 Å². The summed E-state index contributed by atoms with van der Waals surface area (Å²) in [7, 11) is 0. The monoisotopic (exact) mass is 334 g/mol. The predicted molar refractivity (Wildman–Crippen MR) is 82.7 cm³/mol. The standard InChI is InChI=1S/C16H18N2O6/c19-14-6-5-10(8-12(14)18(23)24)15(20)17-11-4-2-1-3-9(11)7-13(17)16(21)22/h5-6,8-9,11,13,19H,1-4,7H2,(H,21,22). The molecule has 3 rings (SSSR count). The van der Waals surface area contributed by atoms with Gasteiger partial charge < -0.3 is 15.1 Å². The van der Waals surface area contributed by atoms with E-state index in [1.54, 1.807) is 0 Å². The third kappa shape index (κ3) is 2.68. The fraction of sp³-hybridized carbons (Fsp3) is 0.500. The SMILES string of the molecule is O=C(O)C1CC2CCCCC2N1C(=O)c1ccc(O)c([N+](=O)[O-])c1. The number of nitrogens with zero attached hydrogens (tertiary/aromatic N) is 2. The largest absolute Gasteiger partial charge is 0.502 e. The number of likely N-dealkylation sites (tertiary alicyclic amines) is 1. The molecule has 8 nitrogen and oxygen atoms in total. The Balaban J connectivity index is 1.96. The molecular formula is C16H18N2O6. The van der Waals surface area contributed by atoms with Gasteiger partial charge in [-0.15, -0.1) is 0 Å². The van der Waals surface area contributed by atoms with E-state index >= 15 is 0 Å². The first-order valence-electron chi connectivity index (χ1n) is 7.93. The van der Waals surface area contributed by atoms with Gasteiger partial charge in [0.25, 0.3) is 5.91 Å². The Labute approximate surface area is 137 Å². The summed E-state index contributed by atoms with van der Waals surface area (Å²) in [6, 6.07) is 2.35. The molecule has 1 aromatic rings. The van der Waals surface area contributed by atoms with Gasteiger partial charge in [0.2, 0.25) is 0 Å². The zero-order valence-electron chi connectivity index (χ0n) is 12.9. The summed E-state index contributed by atoms with van der Waals surface area (Å²) < 4.78 is 0. The van der Waals surface area contributed by atoms with Crippen molar-refractivity contribution in [2.45, 2.75) is 44.2 Å². The zero-order chi connectivity index (χ0) is 17.4. The molecular weight excluding hydrogens is 316 g/mol. The number of nitro groups is 1. The van der Waals surface area contributed by atoms with Gasteiger partial charge in [-0.25, -0.2) is 4.79 Å². The number of carboxylic acid groups (broad SMARTS) is 1. The molecule has 0 spiro atoms. The van der Waals surface area contributed by atoms with Crippen LogP contribution in [0.25, 0.3) is 0 Å². The Morgan fingerprint density at radius 1 is 1.25 bits per heavy atom. The summed E-state index contributed by atoms with van der Waals surface area (Å²) in [4.78, 5) is 36.0. The van der Waals surface area contributed by atoms with Crippen molar-refractivity contribution in [1.82, 2.24) is 4.90 Å². The minimum absolute atomic E-state index is 0.0250. The van der Waals surface area contributed by atoms with Crippen LogP contribution in [0.4, 0.5) is 5.69 Å². The highest BCUT2D eigenvalue weighted by atomic mass is 16.6. The maximum absolute atomic E-state index is 12.9. The van der Waals surface area contributed by atoms with E-state index in [0.717, 1.165) is 37.8 Å². The van der Waals surface area contributed by atoms with Crippen LogP contribution in [0.2, 0.25) is 0 Å². The predicted octanol–water partition coefficient (Wildman–Crippen LogP) is 2.16. The maximum Gasteiger partial charge on any atom is 0.326 e. The van der Waals surface area contributed by atoms with Crippen LogP contribution < -0.4 is 0 Å². The number of benzene rings is 1. The number of amides is 1. The van der Waals surface area contributed by atoms with E-state index in [2.05, 4.69) is 0 Å². The molecule has 8 heteroatoms. The minimum atomic E-state index is -1.05. The molecule has 1 aliphatic heterocycles. The molecule has 1 aromatic carbocycles. The number of rotatable bonds is 3. The Hall–Kier alpha value is -2.64. The molecule has 0 aromatic heterocycles. The average Bonchev–Trinajstić information content (AvgIpc) is 2.94. The lowest BCUT2D eigenvalue weighted by Gasteiger charge is -2.33. The number of fused-ring (bicyclic) bond motifs is 1. The summed E-state index contributed by atoms with van der Waals surface area (Å²) in [5.74, 6) is -1.94. The van der Waals surface area contributed by atoms with E-state index in [4.69, 9.17) is 0 Å². The van der Waals surface area contributed by atoms with Crippen LogP contribution in [0.5, 0.6) is 5.75 Å². The molecule has 1 saturated carbocycles. The van der Waals surface area contributed by atoms with Crippen LogP contribution in [0, 0.1) is 16.0 Å². The highest BCUT2D eigenvalue weighted by Gasteiger charge is 2.47. The van der Waals surface area contributed by atoms with Gasteiger partial charge in [-0.3, -0.25) is 14.9 Å². The highest BCUT2D eigenvalue weighted by Crippen LogP contribution is 2.41. The lowest BCUT2D eigenvalue weighted by molar-refractivity contribution is -0.385. The van der Waals surface area contributed by atoms with Crippen LogP contribution in [0.1, 0.15) is 42.5 Å². The number of hydrogen-bond donors (Lipinski definition) is 2. The number of hydrogen-bond acceptors (Lipinski definition) is 5. The van der Waals surface area contributed by atoms with Crippen molar-refractivity contribution in [2.75, 3.05) is 0 Å². The molecule has 128 valence electrons. The van der Waals surface area contributed by atoms with E-state index in [9.17, 15) is 29.9 Å². The topological polar surface area (TPSA) is 121 Å². The van der Waals surface area contributed by atoms with Crippen molar-refractivity contribution in [2.24, 2.45) is 5.92 Å². The number of phenolic OH excluding ortho intramolecular Hbond substituents is 1. The molecule has 2 fully saturated rings. The van der Waals surface area contributed by atoms with Crippen LogP contribution in [-0.2, 0) is 4.79 Å². The molecule has 1 heterocycles. The molecule has 1 amide bonds. The van der Waals surface area contributed by atoms with Crippen LogP contribution in [0.15, 0.2) is 18.2 Å². The van der Waals surface area contributed by atoms with Gasteiger partial charge in [0.05, 0.1) is 4.92 Å². The molecule has 3 atom stereocenters. The van der Waals surface area contributed by atoms with E-state index < -0.39 is 34.3 Å². The van der Waals surface area contributed by atoms with Gasteiger partial charge in [0, 0.05) is 17.7 Å². The molecule has 0 bridgehead atoms. The molecule has 1 aliphatic carbocycles. The fourth-order valence-corrected chi connectivity index (χ4v) is 3.92. The quantitative estimate of drug-likeness (QED) is 0.645. The first-order chi connectivity index (χ1) is 11.4. The second-order valence-electron chi connectivity index (χ2n) is 6.37. The molecule has 2 aliphatic rings. The fourth-order valence-electron chi connectivity index (χ4n) is 3.92. The number of carboxylic acids is 1. The summed E-state index contributed by atoms with van der Waals surface area (Å²) in [6.45, 7) is 0. The minimum Gasteiger partial charge on any atom is -0.502 e. The molecule has 0 radical (unpaired) electrons. The van der Waals surface area contributed by atoms with Gasteiger partial charge in [0.1, 0.15) is 6.04 Å². The van der Waals surface area contributed by atoms with Crippen LogP contribution >= 0.6 is 0 Å². The Morgan fingerprint density at radius 3 is 2.62 bits per heavy atom. The third-order valence-corrected chi connectivity index (χ3v) is 5.03. The lowest BCUT2D eigenvalue weighted by atomic mass is 9.84. The second-order valence-corrected chi connectivity index (χ2v) is 6.37. The van der Waals surface area contributed by atoms with Gasteiger partial charge in [-0.05, 0) is 37.3 Å². The van der Waals surface area contributed by atoms with E-state index in [-0.39, 0.29) is 17.5 Å². The van der Waals surface area contributed by atoms with Gasteiger partial charge in [-0.1, -0.05) is 12.8 Å². The number of nitro benzene ring substituents is 1. The van der Waals surface area contributed by atoms with Crippen molar-refractivity contribution in [1.29, 1.82) is 0 Å². The Morgan fingerprint density at radius 2 is 1.96 bits per heavy atom. The van der Waals surface area contributed by atoms with Crippen molar-refractivity contribution in [3.05, 3.63) is 33.9 Å². The highest BCUT2D eigenvalue weighted by molar-refractivity contribution is 5.98. The average molecular weight is 334 g/mol. The first-order valence-corrected chi connectivity index (χ1v) is 7.93. The van der Waals surface area contributed by atoms with Crippen LogP contribution in [0.3, 0.4) is 0 Å². The van der Waals surface area contributed by atoms with Gasteiger partial charge in [-0.2, -0.15) is 0 Å². The smallest absolute Gasteiger partial charge is 0.326 e. The number of carbonyl (C=O) groups excluding carboxylic acids is 1. The van der Waals surface area contributed by atoms with Gasteiger partial charge in [0.15, 0.2) is 5.75 Å². The van der Waals surface area contributed by atoms with E-state index in [1.165, 1.54) is 11.0 Å². The van der Waals surface area contributed by atoms with Crippen molar-refractivity contribution in [3.8, 4) is 5.75 Å². The Kier molecular flexibility index (Phi) is 4.13. The molecule has 1 saturated heterocycles. The van der Waals surface area contributed by atoms with E-state index in [1.807, 2.05) is 0 Å². The summed E-state index contributed by atoms with van der Waals surface area (Å²) in [6.07, 6.45) is 4.04. The van der Waals surface area contributed by atoms with Crippen molar-refractivity contribution >= 4 is 17.6 Å². The van der Waals surface area contributed by atoms with Crippen molar-refractivity contribution in [3.63, 3.8) is 0 Å². The molecule has 2 N–H and O–H groups in total. The van der Waals surface area contributed by atoms with Crippen LogP contribution in [-0.4, -0.2) is 44.0 Å². The number of carbonyl (C=O) groups is 2. The summed E-state index contributed by atoms with van der Waals surface area (Å²) in [5.41, 5.74) is -0.538. The normalized spacial score (nSPS) is 26.0. The maximum atomic E-state index is 12.9. The lowest BCUT2D eigenvalue weighted by Crippen LogP contribution is -2.46. The third-order valence-electron chi connectivity index (χ3n) is 5.03. The van der Waals surface area contributed by atoms with E-state index in [0.29, 0.717) is 6.42 Å². The first kappa shape index (κ1) is 16.2. The number of aliphatic carboxylic acids is 1. The Bertz CT molecular complexity index is 704.